The molecule has 0 aliphatic carbocycles. The first-order valence-corrected chi connectivity index (χ1v) is 9.06. The van der Waals surface area contributed by atoms with Gasteiger partial charge in [-0.15, -0.1) is 12.4 Å². The molecule has 148 valence electrons. The largest absolute Gasteiger partial charge is 0.493 e. The van der Waals surface area contributed by atoms with Gasteiger partial charge in [-0.05, 0) is 42.7 Å². The lowest BCUT2D eigenvalue weighted by molar-refractivity contribution is 0.0953. The Bertz CT molecular complexity index is 737. The number of ether oxygens (including phenoxy) is 2. The summed E-state index contributed by atoms with van der Waals surface area (Å²) in [5, 5.41) is 3.25. The van der Waals surface area contributed by atoms with E-state index in [2.05, 4.69) is 12.2 Å². The summed E-state index contributed by atoms with van der Waals surface area (Å²) in [6, 6.07) is 10.8. The number of nitrogens with two attached hydrogens (primary N) is 1. The fourth-order valence-corrected chi connectivity index (χ4v) is 2.68. The third-order valence-corrected chi connectivity index (χ3v) is 4.20. The van der Waals surface area contributed by atoms with Crippen molar-refractivity contribution in [3.63, 3.8) is 0 Å². The number of methoxy groups -OCH3 is 1. The number of anilines is 1. The van der Waals surface area contributed by atoms with Gasteiger partial charge in [-0.1, -0.05) is 37.1 Å². The molecule has 0 aliphatic rings. The molecule has 0 unspecified atom stereocenters. The molecule has 0 aliphatic heterocycles. The van der Waals surface area contributed by atoms with Crippen LogP contribution < -0.4 is 20.5 Å². The maximum absolute atomic E-state index is 12.4. The van der Waals surface area contributed by atoms with E-state index in [0.717, 1.165) is 30.5 Å². The topological polar surface area (TPSA) is 73.6 Å². The van der Waals surface area contributed by atoms with Crippen molar-refractivity contribution in [2.24, 2.45) is 0 Å². The Morgan fingerprint density at radius 2 is 1.93 bits per heavy atom. The number of carbonyl (C=O) groups excluding carboxylic acids is 1. The zero-order chi connectivity index (χ0) is 18.9. The van der Waals surface area contributed by atoms with Crippen molar-refractivity contribution in [2.75, 3.05) is 26.0 Å². The van der Waals surface area contributed by atoms with Gasteiger partial charge in [-0.25, -0.2) is 0 Å². The summed E-state index contributed by atoms with van der Waals surface area (Å²) in [5.74, 6) is 0.721. The molecule has 2 aromatic carbocycles. The molecule has 27 heavy (non-hydrogen) atoms. The molecule has 0 aromatic heterocycles. The van der Waals surface area contributed by atoms with E-state index in [9.17, 15) is 4.79 Å². The smallest absolute Gasteiger partial charge is 0.251 e. The Kier molecular flexibility index (Phi) is 9.83. The number of carbonyl (C=O) groups is 1. The number of nitrogens with one attached hydrogen (secondary N) is 1. The van der Waals surface area contributed by atoms with Crippen molar-refractivity contribution in [1.82, 2.24) is 5.32 Å². The Labute approximate surface area is 171 Å². The van der Waals surface area contributed by atoms with Crippen LogP contribution in [0.15, 0.2) is 36.4 Å². The molecular formula is C20H26Cl2N2O3. The predicted octanol–water partition coefficient (Wildman–Crippen LogP) is 4.50. The van der Waals surface area contributed by atoms with Crippen LogP contribution >= 0.6 is 24.0 Å². The first-order valence-electron chi connectivity index (χ1n) is 8.68. The van der Waals surface area contributed by atoms with Crippen molar-refractivity contribution in [1.29, 1.82) is 0 Å². The number of amides is 1. The summed E-state index contributed by atoms with van der Waals surface area (Å²) in [4.78, 5) is 12.4. The second-order valence-corrected chi connectivity index (χ2v) is 6.35. The number of benzene rings is 2. The lowest BCUT2D eigenvalue weighted by atomic mass is 10.1. The van der Waals surface area contributed by atoms with Crippen LogP contribution in [0.25, 0.3) is 0 Å². The van der Waals surface area contributed by atoms with Gasteiger partial charge in [0.2, 0.25) is 0 Å². The van der Waals surface area contributed by atoms with E-state index in [-0.39, 0.29) is 18.3 Å². The van der Waals surface area contributed by atoms with Gasteiger partial charge in [0.15, 0.2) is 11.5 Å². The van der Waals surface area contributed by atoms with E-state index in [1.165, 1.54) is 7.11 Å². The second kappa shape index (κ2) is 11.6. The van der Waals surface area contributed by atoms with Crippen molar-refractivity contribution in [3.05, 3.63) is 52.5 Å². The van der Waals surface area contributed by atoms with E-state index < -0.39 is 0 Å². The molecule has 0 fully saturated rings. The van der Waals surface area contributed by atoms with Crippen LogP contribution in [0.2, 0.25) is 5.02 Å². The minimum absolute atomic E-state index is 0. The maximum atomic E-state index is 12.4. The average Bonchev–Trinajstić information content (AvgIpc) is 2.64. The molecule has 2 rings (SSSR count). The summed E-state index contributed by atoms with van der Waals surface area (Å²) >= 11 is 6.28. The maximum Gasteiger partial charge on any atom is 0.251 e. The van der Waals surface area contributed by atoms with Gasteiger partial charge in [0.25, 0.3) is 5.91 Å². The quantitative estimate of drug-likeness (QED) is 0.469. The summed E-state index contributed by atoms with van der Waals surface area (Å²) in [6.07, 6.45) is 2.66. The molecule has 0 saturated carbocycles. The van der Waals surface area contributed by atoms with E-state index in [1.54, 1.807) is 12.1 Å². The fraction of sp³-hybridized carbons (Fsp3) is 0.350. The lowest BCUT2D eigenvalue weighted by Crippen LogP contribution is -2.25. The highest BCUT2D eigenvalue weighted by Crippen LogP contribution is 2.36. The van der Waals surface area contributed by atoms with Gasteiger partial charge in [0, 0.05) is 17.8 Å². The lowest BCUT2D eigenvalue weighted by Gasteiger charge is -2.14. The van der Waals surface area contributed by atoms with Crippen LogP contribution in [0.1, 0.15) is 35.7 Å². The van der Waals surface area contributed by atoms with Crippen molar-refractivity contribution in [2.45, 2.75) is 26.2 Å². The minimum atomic E-state index is -0.208. The van der Waals surface area contributed by atoms with Crippen molar-refractivity contribution < 1.29 is 14.3 Å². The fourth-order valence-electron chi connectivity index (χ4n) is 2.42. The SMILES string of the molecule is CCCCOc1c(Cl)cc(C(=O)NCCc2ccc(N)cc2)cc1OC.Cl. The zero-order valence-electron chi connectivity index (χ0n) is 15.6. The number of rotatable bonds is 9. The van der Waals surface area contributed by atoms with Gasteiger partial charge in [0.05, 0.1) is 18.7 Å². The average molecular weight is 413 g/mol. The molecule has 3 N–H and O–H groups in total. The molecule has 2 aromatic rings. The van der Waals surface area contributed by atoms with E-state index in [0.29, 0.717) is 35.2 Å². The van der Waals surface area contributed by atoms with Gasteiger partial charge in [-0.3, -0.25) is 4.79 Å². The molecule has 0 bridgehead atoms. The molecular weight excluding hydrogens is 387 g/mol. The van der Waals surface area contributed by atoms with Crippen LogP contribution in [-0.2, 0) is 6.42 Å². The summed E-state index contributed by atoms with van der Waals surface area (Å²) in [6.45, 7) is 3.15. The number of hydrogen-bond acceptors (Lipinski definition) is 4. The molecule has 0 atom stereocenters. The summed E-state index contributed by atoms with van der Waals surface area (Å²) in [5.41, 5.74) is 7.93. The van der Waals surface area contributed by atoms with Crippen molar-refractivity contribution in [3.8, 4) is 11.5 Å². The standard InChI is InChI=1S/C20H25ClN2O3.ClH/c1-3-4-11-26-19-17(21)12-15(13-18(19)25-2)20(24)23-10-9-14-5-7-16(22)8-6-14;/h5-8,12-13H,3-4,9-11,22H2,1-2H3,(H,23,24);1H. The second-order valence-electron chi connectivity index (χ2n) is 5.94. The Balaban J connectivity index is 0.00000364. The monoisotopic (exact) mass is 412 g/mol. The third kappa shape index (κ3) is 6.85. The van der Waals surface area contributed by atoms with Gasteiger partial charge in [-0.2, -0.15) is 0 Å². The number of nitrogen functional groups attached to an aromatic ring is 1. The van der Waals surface area contributed by atoms with Crippen LogP contribution in [0, 0.1) is 0 Å². The number of unbranched alkanes of at least 4 members (excludes halogenated alkanes) is 1. The van der Waals surface area contributed by atoms with Crippen LogP contribution in [0.3, 0.4) is 0 Å². The number of hydrogen-bond donors (Lipinski definition) is 2. The van der Waals surface area contributed by atoms with Gasteiger partial charge in [0.1, 0.15) is 0 Å². The molecule has 0 saturated heterocycles. The summed E-state index contributed by atoms with van der Waals surface area (Å²) < 4.78 is 11.0. The minimum Gasteiger partial charge on any atom is -0.493 e. The highest BCUT2D eigenvalue weighted by molar-refractivity contribution is 6.32. The Hall–Kier alpha value is -2.11. The van der Waals surface area contributed by atoms with E-state index in [1.807, 2.05) is 24.3 Å². The zero-order valence-corrected chi connectivity index (χ0v) is 17.2. The normalized spacial score (nSPS) is 10.0. The van der Waals surface area contributed by atoms with Crippen LogP contribution in [0.5, 0.6) is 11.5 Å². The van der Waals surface area contributed by atoms with Gasteiger partial charge < -0.3 is 20.5 Å². The molecule has 0 spiro atoms. The Morgan fingerprint density at radius 1 is 1.22 bits per heavy atom. The first kappa shape index (κ1) is 22.9. The molecule has 7 heteroatoms. The van der Waals surface area contributed by atoms with Crippen LogP contribution in [-0.4, -0.2) is 26.2 Å². The van der Waals surface area contributed by atoms with E-state index >= 15 is 0 Å². The highest BCUT2D eigenvalue weighted by atomic mass is 35.5. The number of halogens is 2. The highest BCUT2D eigenvalue weighted by Gasteiger charge is 2.15. The van der Waals surface area contributed by atoms with Crippen molar-refractivity contribution >= 4 is 35.6 Å². The molecule has 0 radical (unpaired) electrons. The first-order chi connectivity index (χ1) is 12.5. The van der Waals surface area contributed by atoms with Gasteiger partial charge >= 0.3 is 0 Å². The van der Waals surface area contributed by atoms with E-state index in [4.69, 9.17) is 26.8 Å². The predicted molar refractivity (Wildman–Crippen MR) is 113 cm³/mol. The molecule has 5 nitrogen and oxygen atoms in total. The third-order valence-electron chi connectivity index (χ3n) is 3.91. The van der Waals surface area contributed by atoms with Crippen LogP contribution in [0.4, 0.5) is 5.69 Å². The summed E-state index contributed by atoms with van der Waals surface area (Å²) in [7, 11) is 1.53. The Morgan fingerprint density at radius 3 is 2.56 bits per heavy atom. The molecule has 1 amide bonds. The molecule has 0 heterocycles.